The van der Waals surface area contributed by atoms with Crippen LogP contribution in [0.1, 0.15) is 23.7 Å². The molecule has 1 aromatic carbocycles. The molecule has 0 N–H and O–H groups in total. The van der Waals surface area contributed by atoms with Crippen molar-refractivity contribution in [1.82, 2.24) is 0 Å². The lowest BCUT2D eigenvalue weighted by Gasteiger charge is -2.03. The van der Waals surface area contributed by atoms with Crippen molar-refractivity contribution in [2.45, 2.75) is 13.3 Å². The lowest BCUT2D eigenvalue weighted by atomic mass is 10.1. The monoisotopic (exact) mass is 264 g/mol. The second-order valence-electron chi connectivity index (χ2n) is 2.52. The van der Waals surface area contributed by atoms with Crippen molar-refractivity contribution in [3.8, 4) is 0 Å². The van der Waals surface area contributed by atoms with Crippen molar-refractivity contribution in [3.63, 3.8) is 0 Å². The van der Waals surface area contributed by atoms with Gasteiger partial charge in [0.05, 0.1) is 5.56 Å². The SMILES string of the molecule is CCC(=O)c1c(F)cc(Cl)cc1Br. The molecule has 0 fully saturated rings. The largest absolute Gasteiger partial charge is 0.294 e. The first-order valence-electron chi connectivity index (χ1n) is 3.74. The third kappa shape index (κ3) is 2.29. The Kier molecular flexibility index (Phi) is 3.45. The van der Waals surface area contributed by atoms with E-state index in [-0.39, 0.29) is 22.8 Å². The van der Waals surface area contributed by atoms with Gasteiger partial charge in [0.2, 0.25) is 0 Å². The van der Waals surface area contributed by atoms with Crippen molar-refractivity contribution in [3.05, 3.63) is 33.0 Å². The van der Waals surface area contributed by atoms with Crippen LogP contribution >= 0.6 is 27.5 Å². The fourth-order valence-corrected chi connectivity index (χ4v) is 1.98. The molecule has 4 heteroatoms. The average molecular weight is 266 g/mol. The van der Waals surface area contributed by atoms with E-state index in [1.165, 1.54) is 6.07 Å². The highest BCUT2D eigenvalue weighted by Crippen LogP contribution is 2.25. The maximum atomic E-state index is 13.2. The molecule has 0 aliphatic rings. The van der Waals surface area contributed by atoms with Gasteiger partial charge >= 0.3 is 0 Å². The molecule has 0 spiro atoms. The molecule has 0 bridgehead atoms. The number of carbonyl (C=O) groups excluding carboxylic acids is 1. The summed E-state index contributed by atoms with van der Waals surface area (Å²) in [4.78, 5) is 11.3. The van der Waals surface area contributed by atoms with Crippen molar-refractivity contribution >= 4 is 33.3 Å². The molecule has 0 radical (unpaired) electrons. The van der Waals surface area contributed by atoms with Crippen LogP contribution in [-0.2, 0) is 0 Å². The Morgan fingerprint density at radius 3 is 2.69 bits per heavy atom. The summed E-state index contributed by atoms with van der Waals surface area (Å²) < 4.78 is 13.6. The van der Waals surface area contributed by atoms with Crippen LogP contribution in [0, 0.1) is 5.82 Å². The van der Waals surface area contributed by atoms with E-state index < -0.39 is 5.82 Å². The molecule has 0 aliphatic heterocycles. The molecular weight excluding hydrogens is 258 g/mol. The van der Waals surface area contributed by atoms with Gasteiger partial charge in [0.1, 0.15) is 5.82 Å². The molecule has 0 saturated heterocycles. The normalized spacial score (nSPS) is 10.2. The van der Waals surface area contributed by atoms with E-state index in [9.17, 15) is 9.18 Å². The average Bonchev–Trinajstić information content (AvgIpc) is 2.02. The van der Waals surface area contributed by atoms with Crippen LogP contribution in [0.5, 0.6) is 0 Å². The summed E-state index contributed by atoms with van der Waals surface area (Å²) in [6.07, 6.45) is 0.275. The number of Topliss-reactive ketones (excluding diaryl/α,β-unsaturated/α-hetero) is 1. The molecule has 0 aromatic heterocycles. The standard InChI is InChI=1S/C9H7BrClFO/c1-2-8(13)9-6(10)3-5(11)4-7(9)12/h3-4H,2H2,1H3. The van der Waals surface area contributed by atoms with Crippen molar-refractivity contribution in [1.29, 1.82) is 0 Å². The maximum Gasteiger partial charge on any atom is 0.166 e. The minimum absolute atomic E-state index is 0.0758. The number of benzene rings is 1. The van der Waals surface area contributed by atoms with E-state index in [2.05, 4.69) is 15.9 Å². The first-order valence-corrected chi connectivity index (χ1v) is 4.91. The predicted molar refractivity (Wildman–Crippen MR) is 53.7 cm³/mol. The van der Waals surface area contributed by atoms with Gasteiger partial charge in [-0.2, -0.15) is 0 Å². The predicted octanol–water partition coefficient (Wildman–Crippen LogP) is 3.83. The molecule has 0 atom stereocenters. The quantitative estimate of drug-likeness (QED) is 0.743. The summed E-state index contributed by atoms with van der Waals surface area (Å²) in [5, 5.41) is 0.275. The van der Waals surface area contributed by atoms with E-state index in [0.717, 1.165) is 6.07 Å². The lowest BCUT2D eigenvalue weighted by Crippen LogP contribution is -2.01. The summed E-state index contributed by atoms with van der Waals surface area (Å²) in [6, 6.07) is 2.64. The van der Waals surface area contributed by atoms with E-state index in [4.69, 9.17) is 11.6 Å². The molecule has 1 rings (SSSR count). The van der Waals surface area contributed by atoms with Gasteiger partial charge in [0, 0.05) is 15.9 Å². The fraction of sp³-hybridized carbons (Fsp3) is 0.222. The number of hydrogen-bond acceptors (Lipinski definition) is 1. The third-order valence-corrected chi connectivity index (χ3v) is 2.45. The summed E-state index contributed by atoms with van der Waals surface area (Å²) in [5.41, 5.74) is 0.0758. The molecule has 0 heterocycles. The van der Waals surface area contributed by atoms with Crippen molar-refractivity contribution in [2.75, 3.05) is 0 Å². The lowest BCUT2D eigenvalue weighted by molar-refractivity contribution is 0.0983. The number of ketones is 1. The summed E-state index contributed by atoms with van der Waals surface area (Å²) in [5.74, 6) is -0.813. The van der Waals surface area contributed by atoms with Gasteiger partial charge in [-0.3, -0.25) is 4.79 Å². The van der Waals surface area contributed by atoms with Gasteiger partial charge in [-0.1, -0.05) is 18.5 Å². The molecule has 13 heavy (non-hydrogen) atoms. The van der Waals surface area contributed by atoms with Crippen LogP contribution < -0.4 is 0 Å². The Hall–Kier alpha value is -0.410. The highest BCUT2D eigenvalue weighted by molar-refractivity contribution is 9.10. The van der Waals surface area contributed by atoms with Gasteiger partial charge in [-0.15, -0.1) is 0 Å². The van der Waals surface area contributed by atoms with E-state index >= 15 is 0 Å². The molecule has 0 aliphatic carbocycles. The van der Waals surface area contributed by atoms with Crippen LogP contribution in [-0.4, -0.2) is 5.78 Å². The maximum absolute atomic E-state index is 13.2. The van der Waals surface area contributed by atoms with Gasteiger partial charge in [0.25, 0.3) is 0 Å². The third-order valence-electron chi connectivity index (χ3n) is 1.61. The van der Waals surface area contributed by atoms with Gasteiger partial charge < -0.3 is 0 Å². The highest BCUT2D eigenvalue weighted by Gasteiger charge is 2.14. The molecule has 0 amide bonds. The molecule has 1 aromatic rings. The molecule has 1 nitrogen and oxygen atoms in total. The Balaban J connectivity index is 3.28. The molecule has 70 valence electrons. The fourth-order valence-electron chi connectivity index (χ4n) is 0.985. The Morgan fingerprint density at radius 2 is 2.23 bits per heavy atom. The van der Waals surface area contributed by atoms with E-state index in [1.54, 1.807) is 6.92 Å². The second-order valence-corrected chi connectivity index (χ2v) is 3.81. The molecule has 0 saturated carbocycles. The topological polar surface area (TPSA) is 17.1 Å². The number of rotatable bonds is 2. The minimum Gasteiger partial charge on any atom is -0.294 e. The van der Waals surface area contributed by atoms with Gasteiger partial charge in [-0.25, -0.2) is 4.39 Å². The van der Waals surface area contributed by atoms with Gasteiger partial charge in [-0.05, 0) is 28.1 Å². The van der Waals surface area contributed by atoms with Crippen LogP contribution in [0.3, 0.4) is 0 Å². The van der Waals surface area contributed by atoms with Crippen LogP contribution in [0.25, 0.3) is 0 Å². The van der Waals surface area contributed by atoms with Crippen LogP contribution in [0.4, 0.5) is 4.39 Å². The Bertz CT molecular complexity index is 328. The number of halogens is 3. The summed E-state index contributed by atoms with van der Waals surface area (Å²) in [6.45, 7) is 1.68. The molecular formula is C9H7BrClFO. The van der Waals surface area contributed by atoms with Crippen molar-refractivity contribution < 1.29 is 9.18 Å². The zero-order chi connectivity index (χ0) is 10.0. The first kappa shape index (κ1) is 10.7. The summed E-state index contributed by atoms with van der Waals surface area (Å²) >= 11 is 8.68. The number of carbonyl (C=O) groups is 1. The zero-order valence-corrected chi connectivity index (χ0v) is 9.25. The smallest absolute Gasteiger partial charge is 0.166 e. The second kappa shape index (κ2) is 4.20. The van der Waals surface area contributed by atoms with E-state index in [0.29, 0.717) is 4.47 Å². The van der Waals surface area contributed by atoms with Gasteiger partial charge in [0.15, 0.2) is 5.78 Å². The first-order chi connectivity index (χ1) is 6.06. The minimum atomic E-state index is -0.578. The Labute approximate surface area is 89.0 Å². The van der Waals surface area contributed by atoms with Crippen molar-refractivity contribution in [2.24, 2.45) is 0 Å². The van der Waals surface area contributed by atoms with Crippen LogP contribution in [0.2, 0.25) is 5.02 Å². The van der Waals surface area contributed by atoms with Crippen LogP contribution in [0.15, 0.2) is 16.6 Å². The summed E-state index contributed by atoms with van der Waals surface area (Å²) in [7, 11) is 0. The molecule has 0 unspecified atom stereocenters. The highest BCUT2D eigenvalue weighted by atomic mass is 79.9. The Morgan fingerprint density at radius 1 is 1.62 bits per heavy atom. The van der Waals surface area contributed by atoms with E-state index in [1.807, 2.05) is 0 Å². The zero-order valence-electron chi connectivity index (χ0n) is 6.90. The number of hydrogen-bond donors (Lipinski definition) is 0.